The molecule has 2 atom stereocenters. The van der Waals surface area contributed by atoms with Gasteiger partial charge < -0.3 is 14.8 Å². The zero-order chi connectivity index (χ0) is 14.5. The molecule has 1 amide bonds. The summed E-state index contributed by atoms with van der Waals surface area (Å²) in [5, 5.41) is 2.85. The third-order valence-electron chi connectivity index (χ3n) is 3.46. The number of alkyl carbamates (subject to hydrolysis) is 1. The second-order valence-corrected chi connectivity index (χ2v) is 4.98. The Hall–Kier alpha value is -2.33. The van der Waals surface area contributed by atoms with Crippen LogP contribution in [0, 0.1) is 0 Å². The molecule has 1 saturated heterocycles. The first kappa shape index (κ1) is 13.6. The number of carbonyl (C=O) groups is 1. The van der Waals surface area contributed by atoms with Gasteiger partial charge >= 0.3 is 6.09 Å². The summed E-state index contributed by atoms with van der Waals surface area (Å²) in [6.45, 7) is 0.788. The SMILES string of the molecule is O=C(N[C@@H]1CO[C@@H]1c1ccccc1)OCc1ccccc1. The number of ether oxygens (including phenoxy) is 2. The van der Waals surface area contributed by atoms with Crippen molar-refractivity contribution in [2.75, 3.05) is 6.61 Å². The van der Waals surface area contributed by atoms with Crippen molar-refractivity contribution in [1.29, 1.82) is 0 Å². The van der Waals surface area contributed by atoms with Crippen molar-refractivity contribution in [2.24, 2.45) is 0 Å². The predicted octanol–water partition coefficient (Wildman–Crippen LogP) is 3.05. The van der Waals surface area contributed by atoms with E-state index in [-0.39, 0.29) is 18.8 Å². The first-order valence-electron chi connectivity index (χ1n) is 6.97. The maximum atomic E-state index is 11.8. The largest absolute Gasteiger partial charge is 0.445 e. The van der Waals surface area contributed by atoms with E-state index < -0.39 is 6.09 Å². The minimum Gasteiger partial charge on any atom is -0.445 e. The standard InChI is InChI=1S/C17H17NO3/c19-17(21-11-13-7-3-1-4-8-13)18-15-12-20-16(15)14-9-5-2-6-10-14/h1-10,15-16H,11-12H2,(H,18,19)/t15-,16-/m1/s1. The second kappa shape index (κ2) is 6.41. The fourth-order valence-corrected chi connectivity index (χ4v) is 2.29. The van der Waals surface area contributed by atoms with E-state index in [4.69, 9.17) is 9.47 Å². The molecule has 0 spiro atoms. The van der Waals surface area contributed by atoms with Crippen LogP contribution in [0.3, 0.4) is 0 Å². The van der Waals surface area contributed by atoms with Gasteiger partial charge in [0.25, 0.3) is 0 Å². The Morgan fingerprint density at radius 1 is 1.10 bits per heavy atom. The van der Waals surface area contributed by atoms with Gasteiger partial charge in [-0.25, -0.2) is 4.79 Å². The summed E-state index contributed by atoms with van der Waals surface area (Å²) in [7, 11) is 0. The third kappa shape index (κ3) is 3.41. The highest BCUT2D eigenvalue weighted by molar-refractivity contribution is 5.68. The van der Waals surface area contributed by atoms with E-state index >= 15 is 0 Å². The number of hydrogen-bond donors (Lipinski definition) is 1. The highest BCUT2D eigenvalue weighted by Gasteiger charge is 2.34. The van der Waals surface area contributed by atoms with Crippen molar-refractivity contribution in [3.05, 3.63) is 71.8 Å². The summed E-state index contributed by atoms with van der Waals surface area (Å²) in [6.07, 6.45) is -0.497. The minimum absolute atomic E-state index is 0.0318. The van der Waals surface area contributed by atoms with Crippen LogP contribution in [0.2, 0.25) is 0 Å². The fourth-order valence-electron chi connectivity index (χ4n) is 2.29. The van der Waals surface area contributed by atoms with Crippen molar-refractivity contribution in [3.8, 4) is 0 Å². The summed E-state index contributed by atoms with van der Waals surface area (Å²) >= 11 is 0. The molecule has 1 aliphatic rings. The molecule has 1 fully saturated rings. The molecule has 21 heavy (non-hydrogen) atoms. The van der Waals surface area contributed by atoms with Crippen LogP contribution in [0.25, 0.3) is 0 Å². The summed E-state index contributed by atoms with van der Waals surface area (Å²) in [5.41, 5.74) is 2.04. The number of benzene rings is 2. The van der Waals surface area contributed by atoms with E-state index in [0.29, 0.717) is 6.61 Å². The van der Waals surface area contributed by atoms with Crippen LogP contribution < -0.4 is 5.32 Å². The first-order valence-corrected chi connectivity index (χ1v) is 6.97. The van der Waals surface area contributed by atoms with Crippen molar-refractivity contribution < 1.29 is 14.3 Å². The van der Waals surface area contributed by atoms with Crippen LogP contribution in [-0.4, -0.2) is 18.7 Å². The van der Waals surface area contributed by atoms with Crippen molar-refractivity contribution >= 4 is 6.09 Å². The lowest BCUT2D eigenvalue weighted by atomic mass is 9.98. The summed E-state index contributed by atoms with van der Waals surface area (Å²) in [5.74, 6) is 0. The molecular formula is C17H17NO3. The average Bonchev–Trinajstić information content (AvgIpc) is 2.52. The molecule has 0 bridgehead atoms. The highest BCUT2D eigenvalue weighted by atomic mass is 16.6. The number of rotatable bonds is 4. The molecule has 1 heterocycles. The molecule has 0 aromatic heterocycles. The molecule has 108 valence electrons. The van der Waals surface area contributed by atoms with Gasteiger partial charge in [-0.1, -0.05) is 60.7 Å². The molecule has 4 heteroatoms. The fraction of sp³-hybridized carbons (Fsp3) is 0.235. The maximum Gasteiger partial charge on any atom is 0.407 e. The van der Waals surface area contributed by atoms with Crippen LogP contribution in [0.4, 0.5) is 4.79 Å². The van der Waals surface area contributed by atoms with Crippen molar-refractivity contribution in [1.82, 2.24) is 5.32 Å². The second-order valence-electron chi connectivity index (χ2n) is 4.98. The average molecular weight is 283 g/mol. The Morgan fingerprint density at radius 3 is 2.38 bits per heavy atom. The van der Waals surface area contributed by atoms with Gasteiger partial charge in [0.1, 0.15) is 12.7 Å². The number of amides is 1. The molecule has 2 aromatic carbocycles. The van der Waals surface area contributed by atoms with Crippen LogP contribution in [0.5, 0.6) is 0 Å². The lowest BCUT2D eigenvalue weighted by molar-refractivity contribution is -0.0879. The Morgan fingerprint density at radius 2 is 1.76 bits per heavy atom. The van der Waals surface area contributed by atoms with Gasteiger partial charge in [0.2, 0.25) is 0 Å². The van der Waals surface area contributed by atoms with Crippen molar-refractivity contribution in [2.45, 2.75) is 18.8 Å². The summed E-state index contributed by atoms with van der Waals surface area (Å²) in [4.78, 5) is 11.8. The monoisotopic (exact) mass is 283 g/mol. The van der Waals surface area contributed by atoms with Crippen LogP contribution >= 0.6 is 0 Å². The number of nitrogens with one attached hydrogen (secondary N) is 1. The molecule has 0 unspecified atom stereocenters. The van der Waals surface area contributed by atoms with Gasteiger partial charge in [0.05, 0.1) is 12.6 Å². The zero-order valence-corrected chi connectivity index (χ0v) is 11.6. The van der Waals surface area contributed by atoms with E-state index in [9.17, 15) is 4.79 Å². The smallest absolute Gasteiger partial charge is 0.407 e. The molecule has 1 N–H and O–H groups in total. The predicted molar refractivity (Wildman–Crippen MR) is 78.7 cm³/mol. The zero-order valence-electron chi connectivity index (χ0n) is 11.6. The van der Waals surface area contributed by atoms with E-state index in [2.05, 4.69) is 5.32 Å². The topological polar surface area (TPSA) is 47.6 Å². The van der Waals surface area contributed by atoms with Crippen LogP contribution in [0.15, 0.2) is 60.7 Å². The molecule has 0 saturated carbocycles. The summed E-state index contributed by atoms with van der Waals surface area (Å²) in [6, 6.07) is 19.4. The maximum absolute atomic E-state index is 11.8. The molecule has 0 aliphatic carbocycles. The van der Waals surface area contributed by atoms with Gasteiger partial charge in [-0.05, 0) is 11.1 Å². The quantitative estimate of drug-likeness (QED) is 0.938. The van der Waals surface area contributed by atoms with E-state index in [1.165, 1.54) is 0 Å². The lowest BCUT2D eigenvalue weighted by Gasteiger charge is -2.37. The Labute approximate surface area is 123 Å². The highest BCUT2D eigenvalue weighted by Crippen LogP contribution is 2.29. The molecular weight excluding hydrogens is 266 g/mol. The van der Waals surface area contributed by atoms with Gasteiger partial charge in [-0.15, -0.1) is 0 Å². The molecule has 0 radical (unpaired) electrons. The molecule has 1 aliphatic heterocycles. The number of carbonyl (C=O) groups excluding carboxylic acids is 1. The van der Waals surface area contributed by atoms with Crippen molar-refractivity contribution in [3.63, 3.8) is 0 Å². The Bertz CT molecular complexity index is 585. The van der Waals surface area contributed by atoms with Gasteiger partial charge in [0.15, 0.2) is 0 Å². The van der Waals surface area contributed by atoms with Gasteiger partial charge in [0, 0.05) is 0 Å². The molecule has 4 nitrogen and oxygen atoms in total. The lowest BCUT2D eigenvalue weighted by Crippen LogP contribution is -2.50. The Kier molecular flexibility index (Phi) is 4.17. The van der Waals surface area contributed by atoms with Crippen LogP contribution in [-0.2, 0) is 16.1 Å². The molecule has 2 aromatic rings. The first-order chi connectivity index (χ1) is 10.3. The number of hydrogen-bond acceptors (Lipinski definition) is 3. The third-order valence-corrected chi connectivity index (χ3v) is 3.46. The van der Waals surface area contributed by atoms with Gasteiger partial charge in [-0.2, -0.15) is 0 Å². The Balaban J connectivity index is 1.49. The van der Waals surface area contributed by atoms with E-state index in [0.717, 1.165) is 11.1 Å². The van der Waals surface area contributed by atoms with Gasteiger partial charge in [-0.3, -0.25) is 0 Å². The minimum atomic E-state index is -0.409. The summed E-state index contributed by atoms with van der Waals surface area (Å²) < 4.78 is 10.7. The van der Waals surface area contributed by atoms with Crippen LogP contribution in [0.1, 0.15) is 17.2 Å². The molecule has 3 rings (SSSR count). The van der Waals surface area contributed by atoms with E-state index in [1.54, 1.807) is 0 Å². The van der Waals surface area contributed by atoms with E-state index in [1.807, 2.05) is 60.7 Å². The normalized spacial score (nSPS) is 20.4.